The van der Waals surface area contributed by atoms with E-state index in [0.717, 1.165) is 50.8 Å². The van der Waals surface area contributed by atoms with Crippen molar-refractivity contribution < 1.29 is 29.0 Å². The molecule has 8 N–H and O–H groups in total. The van der Waals surface area contributed by atoms with Crippen LogP contribution in [0.15, 0.2) is 110 Å². The highest BCUT2D eigenvalue weighted by Crippen LogP contribution is 2.26. The molecule has 0 unspecified atom stereocenters. The quantitative estimate of drug-likeness (QED) is 0.0349. The largest absolute Gasteiger partial charge is 0.481 e. The zero-order chi connectivity index (χ0) is 58.8. The van der Waals surface area contributed by atoms with Gasteiger partial charge in [0.1, 0.15) is 22.2 Å². The van der Waals surface area contributed by atoms with E-state index in [2.05, 4.69) is 71.8 Å². The first-order chi connectivity index (χ1) is 38.8. The van der Waals surface area contributed by atoms with Crippen LogP contribution in [0.1, 0.15) is 86.0 Å². The number of nitrogens with one attached hydrogen (secondary N) is 5. The second-order valence-corrected chi connectivity index (χ2v) is 18.1. The van der Waals surface area contributed by atoms with Crippen molar-refractivity contribution in [2.45, 2.75) is 81.9 Å². The van der Waals surface area contributed by atoms with Crippen molar-refractivity contribution in [3.63, 3.8) is 0 Å². The van der Waals surface area contributed by atoms with E-state index in [1.54, 1.807) is 85.5 Å². The van der Waals surface area contributed by atoms with Gasteiger partial charge in [-0.3, -0.25) is 23.6 Å². The number of aromatic carboxylic acids is 1. The molecule has 422 valence electrons. The minimum Gasteiger partial charge on any atom is -0.481 e. The minimum atomic E-state index is -0.924. The third kappa shape index (κ3) is 17.3. The van der Waals surface area contributed by atoms with Crippen LogP contribution < -0.4 is 41.8 Å². The molecule has 6 heterocycles. The number of hydrogen-bond donors (Lipinski definition) is 7. The first-order valence-corrected chi connectivity index (χ1v) is 25.8. The molecule has 0 radical (unpaired) electrons. The number of nitrogens with zero attached hydrogens (tertiary/aromatic N) is 12. The van der Waals surface area contributed by atoms with Gasteiger partial charge in [-0.05, 0) is 140 Å². The molecule has 0 aliphatic heterocycles. The van der Waals surface area contributed by atoms with Crippen molar-refractivity contribution in [1.29, 1.82) is 0 Å². The smallest absolute Gasteiger partial charge is 0.354 e. The van der Waals surface area contributed by atoms with Crippen LogP contribution in [0.3, 0.4) is 0 Å². The Morgan fingerprint density at radius 3 is 1.27 bits per heavy atom. The van der Waals surface area contributed by atoms with Gasteiger partial charge in [-0.2, -0.15) is 25.3 Å². The number of aromatic nitrogens is 12. The lowest BCUT2D eigenvalue weighted by molar-refractivity contribution is 0.0683. The lowest BCUT2D eigenvalue weighted by Crippen LogP contribution is -2.17. The number of rotatable bonds is 16. The zero-order valence-corrected chi connectivity index (χ0v) is 47.6. The van der Waals surface area contributed by atoms with E-state index in [1.807, 2.05) is 110 Å². The molecule has 6 aromatic heterocycles. The van der Waals surface area contributed by atoms with Crippen LogP contribution in [0, 0.1) is 41.5 Å². The van der Waals surface area contributed by atoms with Gasteiger partial charge in [0.25, 0.3) is 11.8 Å². The summed E-state index contributed by atoms with van der Waals surface area (Å²) >= 11 is 5.89. The molecule has 24 nitrogen and oxygen atoms in total. The molecule has 0 saturated heterocycles. The first kappa shape index (κ1) is 60.3. The monoisotopic (exact) mass is 1120 g/mol. The number of benzene rings is 3. The zero-order valence-electron chi connectivity index (χ0n) is 46.8. The number of nitrogen functional groups attached to an aromatic ring is 1. The predicted molar refractivity (Wildman–Crippen MR) is 313 cm³/mol. The first-order valence-electron chi connectivity index (χ1n) is 25.4. The molecule has 0 atom stereocenters. The van der Waals surface area contributed by atoms with E-state index in [1.165, 1.54) is 4.68 Å². The molecule has 25 heteroatoms. The number of carbonyl (C=O) groups excluding carboxylic acids is 2. The second-order valence-electron chi connectivity index (χ2n) is 17.7. The van der Waals surface area contributed by atoms with Crippen LogP contribution >= 0.6 is 11.6 Å². The number of amides is 2. The highest BCUT2D eigenvalue weighted by atomic mass is 35.5. The summed E-state index contributed by atoms with van der Waals surface area (Å²) in [5.41, 5.74) is 16.9. The Hall–Kier alpha value is -9.97. The molecule has 0 fully saturated rings. The topological polar surface area (TPSA) is 307 Å². The molecule has 9 aromatic rings. The average molecular weight is 1120 g/mol. The van der Waals surface area contributed by atoms with E-state index >= 15 is 0 Å². The fraction of sp³-hybridized carbons (Fsp3) is 0.250. The molecule has 0 saturated carbocycles. The Kier molecular flexibility index (Phi) is 21.3. The number of ether oxygens (including phenoxy) is 2. The molecular weight excluding hydrogens is 1060 g/mol. The maximum atomic E-state index is 12.6. The van der Waals surface area contributed by atoms with Gasteiger partial charge in [-0.1, -0.05) is 29.8 Å². The standard InChI is InChI=1S/C19H22N6O2.C18H19ClN6O.C12H14N4O.C7H10N2O2/c1-5-25-16(10-13(3)24-25)18(26)21-14-7-6-12(2)15(11-14)22-19-20-9-8-17(23-19)27-4;1-4-25-15(9-12(3)24-25)17(26)21-13-6-5-11(2)14(10-13)22-18-20-8-7-16(19)23-18;1-8-3-4-9(13)7-10(8)15-12-14-6-5-11(16-12)17-2;1-3-9-6(7(10)11)4-5(2)8-9/h6-11H,5H2,1-4H3,(H,21,26)(H,20,22,23);5-10H,4H2,1-3H3,(H,21,26)(H,20,22,23);3-7H,13H2,1-2H3,(H,14,15,16);4H,3H2,1-2H3,(H,10,11). The van der Waals surface area contributed by atoms with Gasteiger partial charge in [-0.15, -0.1) is 0 Å². The summed E-state index contributed by atoms with van der Waals surface area (Å²) in [6.45, 7) is 19.0. The predicted octanol–water partition coefficient (Wildman–Crippen LogP) is 10.3. The van der Waals surface area contributed by atoms with Crippen molar-refractivity contribution in [1.82, 2.24) is 59.2 Å². The Balaban J connectivity index is 0.000000182. The maximum absolute atomic E-state index is 12.6. The average Bonchev–Trinajstić information content (AvgIpc) is 4.20. The number of aryl methyl sites for hydroxylation is 9. The highest BCUT2D eigenvalue weighted by Gasteiger charge is 2.17. The molecule has 2 amide bonds. The lowest BCUT2D eigenvalue weighted by Gasteiger charge is -2.12. The van der Waals surface area contributed by atoms with Crippen LogP contribution in [0.5, 0.6) is 11.8 Å². The number of hydrogen-bond acceptors (Lipinski definition) is 18. The molecule has 0 aliphatic carbocycles. The van der Waals surface area contributed by atoms with Crippen LogP contribution in [0.4, 0.5) is 52.0 Å². The number of halogens is 1. The van der Waals surface area contributed by atoms with Crippen molar-refractivity contribution in [3.05, 3.63) is 166 Å². The van der Waals surface area contributed by atoms with Gasteiger partial charge < -0.3 is 46.9 Å². The van der Waals surface area contributed by atoms with Crippen LogP contribution in [-0.2, 0) is 19.6 Å². The maximum Gasteiger partial charge on any atom is 0.354 e. The van der Waals surface area contributed by atoms with E-state index < -0.39 is 5.97 Å². The second kappa shape index (κ2) is 28.6. The Morgan fingerprint density at radius 1 is 0.519 bits per heavy atom. The van der Waals surface area contributed by atoms with E-state index in [0.29, 0.717) is 82.8 Å². The van der Waals surface area contributed by atoms with Gasteiger partial charge in [0.2, 0.25) is 29.6 Å². The third-order valence-electron chi connectivity index (χ3n) is 11.6. The Labute approximate surface area is 473 Å². The Bertz CT molecular complexity index is 3620. The van der Waals surface area contributed by atoms with Gasteiger partial charge in [0, 0.05) is 84.5 Å². The van der Waals surface area contributed by atoms with Crippen molar-refractivity contribution in [2.75, 3.05) is 46.5 Å². The van der Waals surface area contributed by atoms with Crippen LogP contribution in [-0.4, -0.2) is 96.4 Å². The molecule has 0 aliphatic rings. The van der Waals surface area contributed by atoms with E-state index in [9.17, 15) is 14.4 Å². The SMILES string of the molecule is CCn1nc(C)cc1C(=O)Nc1ccc(C)c(Nc2nccc(Cl)n2)c1.CCn1nc(C)cc1C(=O)Nc1ccc(C)c(Nc2nccc(OC)n2)c1.CCn1nc(C)cc1C(=O)O.COc1ccnc(Nc2cc(N)ccc2C)n1. The molecule has 9 rings (SSSR count). The number of methoxy groups -OCH3 is 2. The van der Waals surface area contributed by atoms with Crippen LogP contribution in [0.25, 0.3) is 0 Å². The summed E-state index contributed by atoms with van der Waals surface area (Å²) in [4.78, 5) is 60.7. The molecule has 3 aromatic carbocycles. The van der Waals surface area contributed by atoms with Gasteiger partial charge in [-0.25, -0.2) is 24.7 Å². The fourth-order valence-corrected chi connectivity index (χ4v) is 7.66. The summed E-state index contributed by atoms with van der Waals surface area (Å²) in [5, 5.41) is 36.8. The molecular formula is C56H65ClN18O6. The number of anilines is 9. The molecule has 81 heavy (non-hydrogen) atoms. The van der Waals surface area contributed by atoms with Gasteiger partial charge in [0.15, 0.2) is 0 Å². The summed E-state index contributed by atoms with van der Waals surface area (Å²) in [6, 6.07) is 26.9. The summed E-state index contributed by atoms with van der Waals surface area (Å²) < 4.78 is 15.0. The van der Waals surface area contributed by atoms with Crippen molar-refractivity contribution in [3.8, 4) is 11.8 Å². The summed E-state index contributed by atoms with van der Waals surface area (Å²) in [7, 11) is 3.12. The number of carbonyl (C=O) groups is 3. The highest BCUT2D eigenvalue weighted by molar-refractivity contribution is 6.29. The number of nitrogens with two attached hydrogens (primary N) is 1. The number of carboxylic acids is 1. The Morgan fingerprint density at radius 2 is 0.889 bits per heavy atom. The summed E-state index contributed by atoms with van der Waals surface area (Å²) in [6.07, 6.45) is 4.83. The normalized spacial score (nSPS) is 10.4. The van der Waals surface area contributed by atoms with E-state index in [4.69, 9.17) is 31.9 Å². The molecule has 0 bridgehead atoms. The van der Waals surface area contributed by atoms with E-state index in [-0.39, 0.29) is 17.5 Å². The van der Waals surface area contributed by atoms with Gasteiger partial charge in [0.05, 0.1) is 31.3 Å². The number of carboxylic acid groups (broad SMARTS) is 1. The van der Waals surface area contributed by atoms with Crippen molar-refractivity contribution in [2.24, 2.45) is 0 Å². The third-order valence-corrected chi connectivity index (χ3v) is 11.8. The van der Waals surface area contributed by atoms with Gasteiger partial charge >= 0.3 is 5.97 Å². The fourth-order valence-electron chi connectivity index (χ4n) is 7.52. The molecule has 0 spiro atoms. The lowest BCUT2D eigenvalue weighted by atomic mass is 10.1. The summed E-state index contributed by atoms with van der Waals surface area (Å²) in [5.74, 6) is 0.947. The minimum absolute atomic E-state index is 0.204. The van der Waals surface area contributed by atoms with Crippen molar-refractivity contribution >= 4 is 81.4 Å². The van der Waals surface area contributed by atoms with Crippen LogP contribution in [0.2, 0.25) is 5.15 Å².